The van der Waals surface area contributed by atoms with E-state index in [1.54, 1.807) is 0 Å². The summed E-state index contributed by atoms with van der Waals surface area (Å²) < 4.78 is 5.58. The number of aliphatic hydroxyl groups excluding tert-OH is 1. The Bertz CT molecular complexity index is 426. The minimum atomic E-state index is -0.282. The molecule has 1 aromatic rings. The van der Waals surface area contributed by atoms with E-state index in [0.717, 1.165) is 30.6 Å². The fourth-order valence-electron chi connectivity index (χ4n) is 2.01. The van der Waals surface area contributed by atoms with Gasteiger partial charge in [0, 0.05) is 6.42 Å². The largest absolute Gasteiger partial charge is 0.493 e. The summed E-state index contributed by atoms with van der Waals surface area (Å²) in [4.78, 5) is 0. The fraction of sp³-hybridized carbons (Fsp3) is 0.429. The predicted molar refractivity (Wildman–Crippen MR) is 63.3 cm³/mol. The van der Waals surface area contributed by atoms with Crippen molar-refractivity contribution in [2.24, 2.45) is 0 Å². The van der Waals surface area contributed by atoms with Crippen LogP contribution in [0.3, 0.4) is 0 Å². The Morgan fingerprint density at radius 2 is 2.38 bits per heavy atom. The monoisotopic (exact) mass is 216 g/mol. The van der Waals surface area contributed by atoms with Gasteiger partial charge in [-0.15, -0.1) is 11.8 Å². The van der Waals surface area contributed by atoms with Crippen LogP contribution in [-0.2, 0) is 6.42 Å². The van der Waals surface area contributed by atoms with Gasteiger partial charge < -0.3 is 9.84 Å². The van der Waals surface area contributed by atoms with Crippen LogP contribution in [0.1, 0.15) is 37.0 Å². The van der Waals surface area contributed by atoms with Crippen molar-refractivity contribution in [1.82, 2.24) is 0 Å². The minimum Gasteiger partial charge on any atom is -0.493 e. The van der Waals surface area contributed by atoms with E-state index in [-0.39, 0.29) is 6.10 Å². The van der Waals surface area contributed by atoms with E-state index in [1.807, 2.05) is 25.1 Å². The molecule has 1 atom stereocenters. The van der Waals surface area contributed by atoms with E-state index in [1.165, 1.54) is 5.56 Å². The lowest BCUT2D eigenvalue weighted by molar-refractivity contribution is 0.180. The summed E-state index contributed by atoms with van der Waals surface area (Å²) in [5, 5.41) is 9.66. The molecule has 0 radical (unpaired) electrons. The molecular formula is C14H16O2. The van der Waals surface area contributed by atoms with E-state index in [9.17, 15) is 5.11 Å². The third kappa shape index (κ3) is 2.37. The van der Waals surface area contributed by atoms with Gasteiger partial charge in [0.15, 0.2) is 0 Å². The third-order valence-corrected chi connectivity index (χ3v) is 2.83. The number of rotatable bonds is 3. The van der Waals surface area contributed by atoms with Crippen molar-refractivity contribution < 1.29 is 9.84 Å². The lowest BCUT2D eigenvalue weighted by Gasteiger charge is -2.07. The molecule has 0 aromatic heterocycles. The van der Waals surface area contributed by atoms with Gasteiger partial charge >= 0.3 is 0 Å². The highest BCUT2D eigenvalue weighted by atomic mass is 16.5. The number of aliphatic hydroxyl groups is 1. The first-order valence-corrected chi connectivity index (χ1v) is 5.64. The summed E-state index contributed by atoms with van der Waals surface area (Å²) in [7, 11) is 0. The standard InChI is InChI=1S/C14H16O2/c1-2-3-4-9-16-12-6-7-13-11(10-12)5-8-14(13)15/h6-7,10,14-15H,4-5,8-9H2,1H3/t14-/m1/s1. The van der Waals surface area contributed by atoms with Crippen LogP contribution in [0.4, 0.5) is 0 Å². The molecule has 0 unspecified atom stereocenters. The first-order valence-electron chi connectivity index (χ1n) is 5.64. The molecule has 0 fully saturated rings. The van der Waals surface area contributed by atoms with Crippen LogP contribution in [0.15, 0.2) is 18.2 Å². The average Bonchev–Trinajstić information content (AvgIpc) is 2.66. The molecule has 0 saturated carbocycles. The molecule has 0 spiro atoms. The molecule has 1 N–H and O–H groups in total. The van der Waals surface area contributed by atoms with Gasteiger partial charge in [-0.25, -0.2) is 0 Å². The molecule has 1 aliphatic carbocycles. The van der Waals surface area contributed by atoms with Crippen molar-refractivity contribution in [1.29, 1.82) is 0 Å². The molecule has 0 amide bonds. The number of ether oxygens (including phenoxy) is 1. The van der Waals surface area contributed by atoms with Crippen molar-refractivity contribution in [3.8, 4) is 17.6 Å². The Morgan fingerprint density at radius 3 is 3.19 bits per heavy atom. The number of hydrogen-bond donors (Lipinski definition) is 1. The summed E-state index contributed by atoms with van der Waals surface area (Å²) in [6.07, 6.45) is 2.26. The molecule has 84 valence electrons. The molecule has 2 heteroatoms. The number of benzene rings is 1. The van der Waals surface area contributed by atoms with E-state index < -0.39 is 0 Å². The van der Waals surface area contributed by atoms with Gasteiger partial charge in [-0.3, -0.25) is 0 Å². The zero-order valence-corrected chi connectivity index (χ0v) is 9.49. The summed E-state index contributed by atoms with van der Waals surface area (Å²) in [6.45, 7) is 2.46. The zero-order chi connectivity index (χ0) is 11.4. The van der Waals surface area contributed by atoms with E-state index in [2.05, 4.69) is 11.8 Å². The maximum absolute atomic E-state index is 9.66. The SMILES string of the molecule is CC#CCCOc1ccc2c(c1)CC[C@H]2O. The summed E-state index contributed by atoms with van der Waals surface area (Å²) >= 11 is 0. The second-order valence-corrected chi connectivity index (χ2v) is 3.94. The molecule has 0 aliphatic heterocycles. The first-order chi connectivity index (χ1) is 7.81. The Kier molecular flexibility index (Phi) is 3.48. The van der Waals surface area contributed by atoms with E-state index in [0.29, 0.717) is 6.61 Å². The van der Waals surface area contributed by atoms with E-state index in [4.69, 9.17) is 4.74 Å². The highest BCUT2D eigenvalue weighted by Crippen LogP contribution is 2.33. The second-order valence-electron chi connectivity index (χ2n) is 3.94. The molecule has 0 bridgehead atoms. The molecule has 2 rings (SSSR count). The molecule has 0 heterocycles. The topological polar surface area (TPSA) is 29.5 Å². The highest BCUT2D eigenvalue weighted by Gasteiger charge is 2.20. The number of aryl methyl sites for hydroxylation is 1. The van der Waals surface area contributed by atoms with Gasteiger partial charge in [0.25, 0.3) is 0 Å². The van der Waals surface area contributed by atoms with Crippen molar-refractivity contribution in [2.45, 2.75) is 32.3 Å². The molecule has 0 saturated heterocycles. The van der Waals surface area contributed by atoms with E-state index >= 15 is 0 Å². The Labute approximate surface area is 96.3 Å². The quantitative estimate of drug-likeness (QED) is 0.621. The van der Waals surface area contributed by atoms with Gasteiger partial charge in [0.05, 0.1) is 12.7 Å². The molecule has 2 nitrogen and oxygen atoms in total. The van der Waals surface area contributed by atoms with Crippen LogP contribution in [0.5, 0.6) is 5.75 Å². The highest BCUT2D eigenvalue weighted by molar-refractivity contribution is 5.39. The molecular weight excluding hydrogens is 200 g/mol. The van der Waals surface area contributed by atoms with Crippen LogP contribution >= 0.6 is 0 Å². The van der Waals surface area contributed by atoms with Gasteiger partial charge in [0.2, 0.25) is 0 Å². The lowest BCUT2D eigenvalue weighted by Crippen LogP contribution is -1.97. The Hall–Kier alpha value is -1.46. The van der Waals surface area contributed by atoms with Crippen LogP contribution in [0.2, 0.25) is 0 Å². The average molecular weight is 216 g/mol. The minimum absolute atomic E-state index is 0.282. The van der Waals surface area contributed by atoms with Crippen molar-refractivity contribution in [3.63, 3.8) is 0 Å². The van der Waals surface area contributed by atoms with Crippen molar-refractivity contribution in [2.75, 3.05) is 6.61 Å². The van der Waals surface area contributed by atoms with Crippen molar-refractivity contribution >= 4 is 0 Å². The second kappa shape index (κ2) is 5.05. The lowest BCUT2D eigenvalue weighted by atomic mass is 10.1. The zero-order valence-electron chi connectivity index (χ0n) is 9.49. The maximum Gasteiger partial charge on any atom is 0.119 e. The van der Waals surface area contributed by atoms with Gasteiger partial charge in [-0.05, 0) is 43.0 Å². The summed E-state index contributed by atoms with van der Waals surface area (Å²) in [5.74, 6) is 6.68. The molecule has 16 heavy (non-hydrogen) atoms. The first kappa shape index (κ1) is 11.0. The molecule has 1 aromatic carbocycles. The van der Waals surface area contributed by atoms with Crippen LogP contribution in [-0.4, -0.2) is 11.7 Å². The van der Waals surface area contributed by atoms with Crippen LogP contribution in [0, 0.1) is 11.8 Å². The van der Waals surface area contributed by atoms with Gasteiger partial charge in [-0.1, -0.05) is 6.07 Å². The third-order valence-electron chi connectivity index (χ3n) is 2.83. The van der Waals surface area contributed by atoms with Gasteiger partial charge in [-0.2, -0.15) is 0 Å². The van der Waals surface area contributed by atoms with Crippen molar-refractivity contribution in [3.05, 3.63) is 29.3 Å². The smallest absolute Gasteiger partial charge is 0.119 e. The number of fused-ring (bicyclic) bond motifs is 1. The fourth-order valence-corrected chi connectivity index (χ4v) is 2.01. The Balaban J connectivity index is 1.98. The summed E-state index contributed by atoms with van der Waals surface area (Å²) in [5.41, 5.74) is 2.27. The molecule has 1 aliphatic rings. The normalized spacial score (nSPS) is 17.5. The summed E-state index contributed by atoms with van der Waals surface area (Å²) in [6, 6.07) is 5.92. The van der Waals surface area contributed by atoms with Crippen LogP contribution < -0.4 is 4.74 Å². The van der Waals surface area contributed by atoms with Crippen LogP contribution in [0.25, 0.3) is 0 Å². The van der Waals surface area contributed by atoms with Gasteiger partial charge in [0.1, 0.15) is 5.75 Å². The number of hydrogen-bond acceptors (Lipinski definition) is 2. The predicted octanol–water partition coefficient (Wildman–Crippen LogP) is 2.46. The Morgan fingerprint density at radius 1 is 1.50 bits per heavy atom. The maximum atomic E-state index is 9.66.